The van der Waals surface area contributed by atoms with Gasteiger partial charge in [0.05, 0.1) is 31.3 Å². The molecule has 0 atom stereocenters. The van der Waals surface area contributed by atoms with Crippen molar-refractivity contribution in [1.29, 1.82) is 0 Å². The van der Waals surface area contributed by atoms with Crippen LogP contribution in [0.1, 0.15) is 5.56 Å². The van der Waals surface area contributed by atoms with Gasteiger partial charge in [-0.1, -0.05) is 35.9 Å². The Hall–Kier alpha value is -3.64. The zero-order valence-electron chi connectivity index (χ0n) is 16.4. The van der Waals surface area contributed by atoms with E-state index in [2.05, 4.69) is 5.10 Å². The van der Waals surface area contributed by atoms with Gasteiger partial charge in [-0.25, -0.2) is 4.98 Å². The second kappa shape index (κ2) is 8.39. The smallest absolute Gasteiger partial charge is 0.282 e. The first-order chi connectivity index (χ1) is 14.6. The lowest BCUT2D eigenvalue weighted by molar-refractivity contribution is 0.355. The maximum absolute atomic E-state index is 13.2. The highest BCUT2D eigenvalue weighted by Crippen LogP contribution is 2.31. The average Bonchev–Trinajstić information content (AvgIpc) is 2.78. The lowest BCUT2D eigenvalue weighted by Gasteiger charge is -2.12. The van der Waals surface area contributed by atoms with Crippen LogP contribution in [0.4, 0.5) is 0 Å². The first kappa shape index (κ1) is 19.7. The molecule has 4 rings (SSSR count). The van der Waals surface area contributed by atoms with Crippen LogP contribution >= 0.6 is 11.6 Å². The lowest BCUT2D eigenvalue weighted by Crippen LogP contribution is -2.20. The molecule has 6 nitrogen and oxygen atoms in total. The van der Waals surface area contributed by atoms with Crippen LogP contribution in [0.15, 0.2) is 76.6 Å². The van der Waals surface area contributed by atoms with E-state index in [1.54, 1.807) is 62.9 Å². The van der Waals surface area contributed by atoms with Gasteiger partial charge in [0.25, 0.3) is 5.56 Å². The van der Waals surface area contributed by atoms with Gasteiger partial charge in [0, 0.05) is 10.6 Å². The highest BCUT2D eigenvalue weighted by atomic mass is 35.5. The fourth-order valence-electron chi connectivity index (χ4n) is 3.10. The third kappa shape index (κ3) is 3.77. The van der Waals surface area contributed by atoms with Gasteiger partial charge in [-0.3, -0.25) is 4.79 Å². The van der Waals surface area contributed by atoms with Crippen molar-refractivity contribution in [2.75, 3.05) is 14.2 Å². The SMILES string of the molecule is COc1ccc(-c2nc3ccccc3c(=O)n2N=Cc2cccc(Cl)c2)cc1OC. The van der Waals surface area contributed by atoms with Crippen molar-refractivity contribution >= 4 is 28.7 Å². The number of ether oxygens (including phenoxy) is 2. The summed E-state index contributed by atoms with van der Waals surface area (Å²) in [7, 11) is 3.12. The molecule has 1 heterocycles. The van der Waals surface area contributed by atoms with E-state index < -0.39 is 0 Å². The fourth-order valence-corrected chi connectivity index (χ4v) is 3.30. The highest BCUT2D eigenvalue weighted by molar-refractivity contribution is 6.30. The average molecular weight is 420 g/mol. The molecule has 0 unspecified atom stereocenters. The van der Waals surface area contributed by atoms with E-state index in [0.29, 0.717) is 38.8 Å². The molecule has 7 heteroatoms. The van der Waals surface area contributed by atoms with E-state index >= 15 is 0 Å². The summed E-state index contributed by atoms with van der Waals surface area (Å²) in [6.45, 7) is 0. The zero-order chi connectivity index (χ0) is 21.1. The number of fused-ring (bicyclic) bond motifs is 1. The summed E-state index contributed by atoms with van der Waals surface area (Å²) in [6.07, 6.45) is 1.58. The normalized spacial score (nSPS) is 11.2. The molecule has 0 fully saturated rings. The van der Waals surface area contributed by atoms with Gasteiger partial charge in [0.1, 0.15) is 0 Å². The minimum absolute atomic E-state index is 0.274. The van der Waals surface area contributed by atoms with Crippen LogP contribution in [-0.4, -0.2) is 30.1 Å². The van der Waals surface area contributed by atoms with Crippen LogP contribution in [0.2, 0.25) is 5.02 Å². The monoisotopic (exact) mass is 419 g/mol. The van der Waals surface area contributed by atoms with Crippen LogP contribution in [0.3, 0.4) is 0 Å². The summed E-state index contributed by atoms with van der Waals surface area (Å²) in [5, 5.41) is 5.49. The molecule has 0 amide bonds. The van der Waals surface area contributed by atoms with Crippen LogP contribution in [-0.2, 0) is 0 Å². The van der Waals surface area contributed by atoms with Crippen molar-refractivity contribution in [2.45, 2.75) is 0 Å². The molecule has 0 aliphatic rings. The number of nitrogens with zero attached hydrogens (tertiary/aromatic N) is 3. The predicted molar refractivity (Wildman–Crippen MR) is 119 cm³/mol. The number of hydrogen-bond acceptors (Lipinski definition) is 5. The molecule has 0 aliphatic heterocycles. The first-order valence-electron chi connectivity index (χ1n) is 9.15. The Morgan fingerprint density at radius 1 is 0.967 bits per heavy atom. The van der Waals surface area contributed by atoms with E-state index in [9.17, 15) is 4.79 Å². The summed E-state index contributed by atoms with van der Waals surface area (Å²) in [4.78, 5) is 17.9. The van der Waals surface area contributed by atoms with Gasteiger partial charge in [-0.2, -0.15) is 9.78 Å². The molecule has 30 heavy (non-hydrogen) atoms. The van der Waals surface area contributed by atoms with Gasteiger partial charge in [0.2, 0.25) is 0 Å². The molecule has 0 aliphatic carbocycles. The number of benzene rings is 3. The largest absolute Gasteiger partial charge is 0.493 e. The van der Waals surface area contributed by atoms with Gasteiger partial charge in [-0.15, -0.1) is 0 Å². The molecule has 0 saturated heterocycles. The lowest BCUT2D eigenvalue weighted by atomic mass is 10.1. The van der Waals surface area contributed by atoms with Gasteiger partial charge in [-0.05, 0) is 48.0 Å². The highest BCUT2D eigenvalue weighted by Gasteiger charge is 2.14. The van der Waals surface area contributed by atoms with Crippen LogP contribution in [0.5, 0.6) is 11.5 Å². The Balaban J connectivity index is 1.94. The van der Waals surface area contributed by atoms with Crippen molar-refractivity contribution in [3.05, 3.63) is 87.7 Å². The second-order valence-corrected chi connectivity index (χ2v) is 6.88. The van der Waals surface area contributed by atoms with Crippen LogP contribution in [0, 0.1) is 0 Å². The predicted octanol–water partition coefficient (Wildman–Crippen LogP) is 4.62. The Bertz CT molecular complexity index is 1310. The number of methoxy groups -OCH3 is 2. The van der Waals surface area contributed by atoms with E-state index in [4.69, 9.17) is 26.1 Å². The molecule has 0 radical (unpaired) electrons. The number of para-hydroxylation sites is 1. The standard InChI is InChI=1S/C23H18ClN3O3/c1-29-20-11-10-16(13-21(20)30-2)22-26-19-9-4-3-8-18(19)23(28)27(22)25-14-15-6-5-7-17(24)12-15/h3-14H,1-2H3. The maximum atomic E-state index is 13.2. The van der Waals surface area contributed by atoms with Crippen molar-refractivity contribution < 1.29 is 9.47 Å². The van der Waals surface area contributed by atoms with Crippen molar-refractivity contribution in [1.82, 2.24) is 9.66 Å². The Kier molecular flexibility index (Phi) is 5.50. The molecule has 1 aromatic heterocycles. The quantitative estimate of drug-likeness (QED) is 0.443. The zero-order valence-corrected chi connectivity index (χ0v) is 17.1. The summed E-state index contributed by atoms with van der Waals surface area (Å²) < 4.78 is 12.0. The summed E-state index contributed by atoms with van der Waals surface area (Å²) in [5.74, 6) is 1.50. The van der Waals surface area contributed by atoms with Crippen molar-refractivity contribution in [3.63, 3.8) is 0 Å². The fraction of sp³-hybridized carbons (Fsp3) is 0.0870. The van der Waals surface area contributed by atoms with Crippen molar-refractivity contribution in [3.8, 4) is 22.9 Å². The van der Waals surface area contributed by atoms with Crippen molar-refractivity contribution in [2.24, 2.45) is 5.10 Å². The third-order valence-electron chi connectivity index (χ3n) is 4.57. The number of aromatic nitrogens is 2. The molecule has 0 spiro atoms. The molecule has 0 N–H and O–H groups in total. The van der Waals surface area contributed by atoms with Crippen LogP contribution in [0.25, 0.3) is 22.3 Å². The third-order valence-corrected chi connectivity index (χ3v) is 4.80. The summed E-state index contributed by atoms with van der Waals surface area (Å²) in [5.41, 5.74) is 1.74. The Labute approximate surface area is 178 Å². The molecule has 150 valence electrons. The Morgan fingerprint density at radius 2 is 1.77 bits per heavy atom. The molecule has 0 bridgehead atoms. The topological polar surface area (TPSA) is 65.7 Å². The molecule has 3 aromatic carbocycles. The van der Waals surface area contributed by atoms with E-state index in [1.807, 2.05) is 24.3 Å². The molecular formula is C23H18ClN3O3. The molecule has 4 aromatic rings. The second-order valence-electron chi connectivity index (χ2n) is 6.44. The molecular weight excluding hydrogens is 402 g/mol. The van der Waals surface area contributed by atoms with Gasteiger partial charge < -0.3 is 9.47 Å². The molecule has 0 saturated carbocycles. The number of hydrogen-bond donors (Lipinski definition) is 0. The minimum atomic E-state index is -0.274. The number of rotatable bonds is 5. The van der Waals surface area contributed by atoms with Gasteiger partial charge in [0.15, 0.2) is 17.3 Å². The Morgan fingerprint density at radius 3 is 2.53 bits per heavy atom. The first-order valence-corrected chi connectivity index (χ1v) is 9.52. The summed E-state index contributed by atoms with van der Waals surface area (Å²) in [6, 6.07) is 19.7. The van der Waals surface area contributed by atoms with E-state index in [1.165, 1.54) is 4.68 Å². The van der Waals surface area contributed by atoms with E-state index in [0.717, 1.165) is 5.56 Å². The minimum Gasteiger partial charge on any atom is -0.493 e. The summed E-state index contributed by atoms with van der Waals surface area (Å²) >= 11 is 6.06. The maximum Gasteiger partial charge on any atom is 0.282 e. The van der Waals surface area contributed by atoms with Crippen LogP contribution < -0.4 is 15.0 Å². The van der Waals surface area contributed by atoms with Gasteiger partial charge >= 0.3 is 0 Å². The number of halogens is 1. The van der Waals surface area contributed by atoms with E-state index in [-0.39, 0.29) is 5.56 Å².